The molecule has 0 radical (unpaired) electrons. The Bertz CT molecular complexity index is 673. The van der Waals surface area contributed by atoms with Crippen molar-refractivity contribution in [2.24, 2.45) is 5.92 Å². The smallest absolute Gasteiger partial charge is 0.265 e. The molecule has 116 valence electrons. The maximum Gasteiger partial charge on any atom is 0.265 e. The van der Waals surface area contributed by atoms with Gasteiger partial charge in [0, 0.05) is 11.0 Å². The summed E-state index contributed by atoms with van der Waals surface area (Å²) in [5.74, 6) is 0.0444. The number of ether oxygens (including phenoxy) is 1. The molecular formula is C13H17BrN2O4S. The topological polar surface area (TPSA) is 84.5 Å². The van der Waals surface area contributed by atoms with Gasteiger partial charge in [0.2, 0.25) is 10.0 Å². The fraction of sp³-hybridized carbons (Fsp3) is 0.462. The standard InChI is InChI=1S/C13H17BrN2O4S/c1-7(2)6-15-21(18,19)11-5-9(14)4-10-12(11)20-8(3)13(17)16-10/h4-5,7-8,15H,6H2,1-3H3,(H,16,17). The molecule has 1 aromatic rings. The molecule has 2 N–H and O–H groups in total. The zero-order valence-corrected chi connectivity index (χ0v) is 14.3. The fourth-order valence-corrected chi connectivity index (χ4v) is 3.80. The number of carbonyl (C=O) groups is 1. The lowest BCUT2D eigenvalue weighted by Crippen LogP contribution is -2.36. The second kappa shape index (κ2) is 5.94. The summed E-state index contributed by atoms with van der Waals surface area (Å²) in [7, 11) is -3.72. The van der Waals surface area contributed by atoms with Crippen molar-refractivity contribution in [3.63, 3.8) is 0 Å². The van der Waals surface area contributed by atoms with E-state index >= 15 is 0 Å². The lowest BCUT2D eigenvalue weighted by molar-refractivity contribution is -0.122. The number of nitrogens with one attached hydrogen (secondary N) is 2. The van der Waals surface area contributed by atoms with Gasteiger partial charge in [0.25, 0.3) is 5.91 Å². The summed E-state index contributed by atoms with van der Waals surface area (Å²) in [5.41, 5.74) is 0.345. The van der Waals surface area contributed by atoms with Crippen LogP contribution in [0.5, 0.6) is 5.75 Å². The van der Waals surface area contributed by atoms with E-state index in [-0.39, 0.29) is 22.5 Å². The van der Waals surface area contributed by atoms with Crippen molar-refractivity contribution in [1.82, 2.24) is 4.72 Å². The fourth-order valence-electron chi connectivity index (χ4n) is 1.80. The number of fused-ring (bicyclic) bond motifs is 1. The van der Waals surface area contributed by atoms with Crippen LogP contribution in [0.1, 0.15) is 20.8 Å². The predicted molar refractivity (Wildman–Crippen MR) is 82.9 cm³/mol. The predicted octanol–water partition coefficient (Wildman–Crippen LogP) is 2.10. The first-order valence-electron chi connectivity index (χ1n) is 6.51. The molecule has 1 aliphatic rings. The van der Waals surface area contributed by atoms with E-state index in [9.17, 15) is 13.2 Å². The van der Waals surface area contributed by atoms with Crippen LogP contribution in [0.25, 0.3) is 0 Å². The SMILES string of the molecule is CC(C)CNS(=O)(=O)c1cc(Br)cc2c1OC(C)C(=O)N2. The molecule has 0 aromatic heterocycles. The lowest BCUT2D eigenvalue weighted by Gasteiger charge is -2.25. The first-order chi connectivity index (χ1) is 9.70. The van der Waals surface area contributed by atoms with Gasteiger partial charge in [-0.2, -0.15) is 0 Å². The third-order valence-electron chi connectivity index (χ3n) is 2.91. The van der Waals surface area contributed by atoms with Crippen molar-refractivity contribution >= 4 is 37.5 Å². The summed E-state index contributed by atoms with van der Waals surface area (Å²) < 4.78 is 33.4. The van der Waals surface area contributed by atoms with E-state index in [0.717, 1.165) is 0 Å². The van der Waals surface area contributed by atoms with Crippen LogP contribution in [-0.2, 0) is 14.8 Å². The monoisotopic (exact) mass is 376 g/mol. The molecule has 6 nitrogen and oxygen atoms in total. The molecular weight excluding hydrogens is 360 g/mol. The van der Waals surface area contributed by atoms with E-state index in [1.54, 1.807) is 13.0 Å². The molecule has 0 fully saturated rings. The quantitative estimate of drug-likeness (QED) is 0.842. The number of hydrogen-bond donors (Lipinski definition) is 2. The van der Waals surface area contributed by atoms with Gasteiger partial charge in [-0.1, -0.05) is 29.8 Å². The maximum atomic E-state index is 12.4. The summed E-state index contributed by atoms with van der Waals surface area (Å²) in [6.07, 6.45) is -0.738. The van der Waals surface area contributed by atoms with Gasteiger partial charge >= 0.3 is 0 Å². The van der Waals surface area contributed by atoms with Gasteiger partial charge in [0.05, 0.1) is 5.69 Å². The highest BCUT2D eigenvalue weighted by Gasteiger charge is 2.30. The number of halogens is 1. The first kappa shape index (κ1) is 16.3. The summed E-state index contributed by atoms with van der Waals surface area (Å²) in [4.78, 5) is 11.6. The van der Waals surface area contributed by atoms with Crippen molar-refractivity contribution in [3.8, 4) is 5.75 Å². The van der Waals surface area contributed by atoms with Crippen molar-refractivity contribution in [2.75, 3.05) is 11.9 Å². The Morgan fingerprint density at radius 3 is 2.71 bits per heavy atom. The molecule has 0 bridgehead atoms. The maximum absolute atomic E-state index is 12.4. The molecule has 0 saturated heterocycles. The molecule has 0 saturated carbocycles. The number of hydrogen-bond acceptors (Lipinski definition) is 4. The van der Waals surface area contributed by atoms with Crippen LogP contribution in [0.3, 0.4) is 0 Å². The Morgan fingerprint density at radius 1 is 1.43 bits per heavy atom. The van der Waals surface area contributed by atoms with Crippen LogP contribution in [-0.4, -0.2) is 27.0 Å². The molecule has 1 amide bonds. The number of carbonyl (C=O) groups excluding carboxylic acids is 1. The van der Waals surface area contributed by atoms with Crippen molar-refractivity contribution < 1.29 is 17.9 Å². The van der Waals surface area contributed by atoms with Gasteiger partial charge in [-0.05, 0) is 25.0 Å². The van der Waals surface area contributed by atoms with Gasteiger partial charge in [-0.3, -0.25) is 4.79 Å². The minimum Gasteiger partial charge on any atom is -0.477 e. The van der Waals surface area contributed by atoms with Gasteiger partial charge < -0.3 is 10.1 Å². The Morgan fingerprint density at radius 2 is 2.10 bits per heavy atom. The second-order valence-electron chi connectivity index (χ2n) is 5.28. The van der Waals surface area contributed by atoms with E-state index < -0.39 is 16.1 Å². The molecule has 8 heteroatoms. The molecule has 0 spiro atoms. The van der Waals surface area contributed by atoms with Gasteiger partial charge in [0.1, 0.15) is 4.90 Å². The molecule has 1 aromatic carbocycles. The zero-order chi connectivity index (χ0) is 15.8. The summed E-state index contributed by atoms with van der Waals surface area (Å²) in [6.45, 7) is 5.72. The lowest BCUT2D eigenvalue weighted by atomic mass is 10.2. The Kier molecular flexibility index (Phi) is 4.60. The first-order valence-corrected chi connectivity index (χ1v) is 8.79. The summed E-state index contributed by atoms with van der Waals surface area (Å²) in [5, 5.41) is 2.64. The number of rotatable bonds is 4. The third kappa shape index (κ3) is 3.56. The Hall–Kier alpha value is -1.12. The number of amides is 1. The van der Waals surface area contributed by atoms with E-state index in [1.165, 1.54) is 6.07 Å². The molecule has 1 atom stereocenters. The zero-order valence-electron chi connectivity index (χ0n) is 11.9. The van der Waals surface area contributed by atoms with Crippen LogP contribution < -0.4 is 14.8 Å². The highest BCUT2D eigenvalue weighted by molar-refractivity contribution is 9.10. The highest BCUT2D eigenvalue weighted by Crippen LogP contribution is 2.38. The van der Waals surface area contributed by atoms with Crippen LogP contribution in [0, 0.1) is 5.92 Å². The van der Waals surface area contributed by atoms with Gasteiger partial charge in [0.15, 0.2) is 11.9 Å². The molecule has 1 heterocycles. The van der Waals surface area contributed by atoms with Crippen LogP contribution in [0.2, 0.25) is 0 Å². The van der Waals surface area contributed by atoms with E-state index in [4.69, 9.17) is 4.74 Å². The van der Waals surface area contributed by atoms with Gasteiger partial charge in [-0.15, -0.1) is 0 Å². The second-order valence-corrected chi connectivity index (χ2v) is 7.93. The molecule has 21 heavy (non-hydrogen) atoms. The summed E-state index contributed by atoms with van der Waals surface area (Å²) in [6, 6.07) is 3.08. The highest BCUT2D eigenvalue weighted by atomic mass is 79.9. The number of anilines is 1. The Labute approximate surface area is 132 Å². The number of benzene rings is 1. The average molecular weight is 377 g/mol. The van der Waals surface area contributed by atoms with Crippen molar-refractivity contribution in [2.45, 2.75) is 31.8 Å². The van der Waals surface area contributed by atoms with E-state index in [1.807, 2.05) is 13.8 Å². The average Bonchev–Trinajstić information content (AvgIpc) is 2.37. The van der Waals surface area contributed by atoms with E-state index in [0.29, 0.717) is 16.7 Å². The van der Waals surface area contributed by atoms with Crippen molar-refractivity contribution in [1.29, 1.82) is 0 Å². The molecule has 1 aliphatic heterocycles. The van der Waals surface area contributed by atoms with Crippen LogP contribution >= 0.6 is 15.9 Å². The Balaban J connectivity index is 2.47. The molecule has 1 unspecified atom stereocenters. The molecule has 2 rings (SSSR count). The summed E-state index contributed by atoms with van der Waals surface area (Å²) >= 11 is 3.25. The normalized spacial score (nSPS) is 18.1. The van der Waals surface area contributed by atoms with Crippen molar-refractivity contribution in [3.05, 3.63) is 16.6 Å². The van der Waals surface area contributed by atoms with E-state index in [2.05, 4.69) is 26.0 Å². The van der Waals surface area contributed by atoms with Crippen LogP contribution in [0.15, 0.2) is 21.5 Å². The minimum absolute atomic E-state index is 0.0133. The largest absolute Gasteiger partial charge is 0.477 e. The third-order valence-corrected chi connectivity index (χ3v) is 4.80. The minimum atomic E-state index is -3.72. The van der Waals surface area contributed by atoms with Gasteiger partial charge in [-0.25, -0.2) is 13.1 Å². The molecule has 0 aliphatic carbocycles. The number of sulfonamides is 1. The van der Waals surface area contributed by atoms with Crippen LogP contribution in [0.4, 0.5) is 5.69 Å².